The van der Waals surface area contributed by atoms with Gasteiger partial charge in [0.2, 0.25) is 0 Å². The molecule has 1 amide bonds. The van der Waals surface area contributed by atoms with Crippen molar-refractivity contribution >= 4 is 43.7 Å². The highest BCUT2D eigenvalue weighted by atomic mass is 79.9. The Balaban J connectivity index is 0.000000231. The van der Waals surface area contributed by atoms with E-state index in [9.17, 15) is 9.59 Å². The molecule has 0 fully saturated rings. The number of benzene rings is 2. The molecule has 0 radical (unpaired) electrons. The van der Waals surface area contributed by atoms with Crippen LogP contribution in [0.3, 0.4) is 0 Å². The van der Waals surface area contributed by atoms with Crippen LogP contribution in [0.15, 0.2) is 57.5 Å². The Hall–Kier alpha value is -1.70. The summed E-state index contributed by atoms with van der Waals surface area (Å²) in [6.45, 7) is 2.20. The van der Waals surface area contributed by atoms with Crippen molar-refractivity contribution in [3.8, 4) is 0 Å². The molecule has 2 rings (SSSR count). The van der Waals surface area contributed by atoms with Gasteiger partial charge in [0.15, 0.2) is 0 Å². The summed E-state index contributed by atoms with van der Waals surface area (Å²) in [5.41, 5.74) is 3.18. The monoisotopic (exact) mass is 442 g/mol. The molecule has 0 atom stereocenters. The largest absolute Gasteiger partial charge is 0.462 e. The van der Waals surface area contributed by atoms with Gasteiger partial charge in [-0.3, -0.25) is 10.2 Å². The molecular formula is C16H16Br2N2O3. The Bertz CT molecular complexity index is 643. The summed E-state index contributed by atoms with van der Waals surface area (Å²) in [6.07, 6.45) is 0. The van der Waals surface area contributed by atoms with Crippen molar-refractivity contribution < 1.29 is 14.3 Å². The molecule has 7 heteroatoms. The van der Waals surface area contributed by atoms with Gasteiger partial charge in [0, 0.05) is 14.5 Å². The lowest BCUT2D eigenvalue weighted by atomic mass is 10.2. The topological polar surface area (TPSA) is 81.4 Å². The molecule has 0 unspecified atom stereocenters. The molecule has 2 aromatic rings. The van der Waals surface area contributed by atoms with Crippen LogP contribution in [0.2, 0.25) is 0 Å². The Kier molecular flexibility index (Phi) is 8.53. The molecule has 0 bridgehead atoms. The van der Waals surface area contributed by atoms with Gasteiger partial charge in [-0.2, -0.15) is 0 Å². The van der Waals surface area contributed by atoms with E-state index in [1.807, 2.05) is 17.6 Å². The third-order valence-electron chi connectivity index (χ3n) is 2.59. The van der Waals surface area contributed by atoms with Gasteiger partial charge in [0.05, 0.1) is 12.2 Å². The predicted octanol–water partition coefficient (Wildman–Crippen LogP) is 3.68. The first-order chi connectivity index (χ1) is 11.0. The number of hydrazine groups is 1. The molecule has 3 N–H and O–H groups in total. The molecule has 0 heterocycles. The average Bonchev–Trinajstić information content (AvgIpc) is 2.56. The Morgan fingerprint density at radius 2 is 1.39 bits per heavy atom. The molecule has 0 saturated carbocycles. The van der Waals surface area contributed by atoms with Gasteiger partial charge in [0.1, 0.15) is 0 Å². The Morgan fingerprint density at radius 1 is 0.957 bits per heavy atom. The Labute approximate surface area is 151 Å². The minimum Gasteiger partial charge on any atom is -0.462 e. The van der Waals surface area contributed by atoms with Crippen molar-refractivity contribution in [1.82, 2.24) is 5.43 Å². The highest BCUT2D eigenvalue weighted by molar-refractivity contribution is 9.10. The third-order valence-corrected chi connectivity index (χ3v) is 3.65. The van der Waals surface area contributed by atoms with E-state index >= 15 is 0 Å². The van der Waals surface area contributed by atoms with Crippen LogP contribution in [-0.2, 0) is 4.74 Å². The minimum absolute atomic E-state index is 0.273. The van der Waals surface area contributed by atoms with Gasteiger partial charge >= 0.3 is 5.97 Å². The Morgan fingerprint density at radius 3 is 1.78 bits per heavy atom. The maximum atomic E-state index is 11.1. The van der Waals surface area contributed by atoms with Crippen LogP contribution in [0.4, 0.5) is 0 Å². The van der Waals surface area contributed by atoms with Crippen molar-refractivity contribution in [2.75, 3.05) is 6.61 Å². The fraction of sp³-hybridized carbons (Fsp3) is 0.125. The molecule has 2 aromatic carbocycles. The van der Waals surface area contributed by atoms with Crippen molar-refractivity contribution in [1.29, 1.82) is 0 Å². The molecule has 5 nitrogen and oxygen atoms in total. The normalized spacial score (nSPS) is 9.39. The fourth-order valence-corrected chi connectivity index (χ4v) is 2.01. The molecular weight excluding hydrogens is 428 g/mol. The summed E-state index contributed by atoms with van der Waals surface area (Å²) in [6, 6.07) is 14.0. The van der Waals surface area contributed by atoms with Crippen molar-refractivity contribution in [3.05, 3.63) is 68.6 Å². The SMILES string of the molecule is CCOC(=O)c1ccc(Br)cc1.NNC(=O)c1ccc(Br)cc1. The van der Waals surface area contributed by atoms with E-state index in [4.69, 9.17) is 10.6 Å². The number of nitrogens with two attached hydrogens (primary N) is 1. The molecule has 0 aliphatic carbocycles. The van der Waals surface area contributed by atoms with Crippen LogP contribution in [0.1, 0.15) is 27.6 Å². The lowest BCUT2D eigenvalue weighted by molar-refractivity contribution is 0.0526. The number of nitrogens with one attached hydrogen (secondary N) is 1. The third kappa shape index (κ3) is 6.94. The standard InChI is InChI=1S/C9H9BrO2.C7H7BrN2O/c1-2-12-9(11)7-3-5-8(10)6-4-7;8-6-3-1-5(2-4-6)7(11)10-9/h3-6H,2H2,1H3;1-4H,9H2,(H,10,11). The number of halogens is 2. The highest BCUT2D eigenvalue weighted by Gasteiger charge is 2.04. The summed E-state index contributed by atoms with van der Waals surface area (Å²) in [4.78, 5) is 22.0. The second-order valence-corrected chi connectivity index (χ2v) is 6.04. The second kappa shape index (κ2) is 10.1. The van der Waals surface area contributed by atoms with E-state index in [0.29, 0.717) is 17.7 Å². The van der Waals surface area contributed by atoms with Gasteiger partial charge in [-0.15, -0.1) is 0 Å². The van der Waals surface area contributed by atoms with Crippen molar-refractivity contribution in [3.63, 3.8) is 0 Å². The molecule has 0 aromatic heterocycles. The van der Waals surface area contributed by atoms with Crippen LogP contribution < -0.4 is 11.3 Å². The van der Waals surface area contributed by atoms with Gasteiger partial charge in [0.25, 0.3) is 5.91 Å². The molecule has 0 saturated heterocycles. The van der Waals surface area contributed by atoms with Crippen LogP contribution >= 0.6 is 31.9 Å². The minimum atomic E-state index is -0.280. The van der Waals surface area contributed by atoms with Crippen LogP contribution in [0.5, 0.6) is 0 Å². The van der Waals surface area contributed by atoms with Gasteiger partial charge in [-0.05, 0) is 55.5 Å². The van der Waals surface area contributed by atoms with E-state index in [1.165, 1.54) is 0 Å². The number of ether oxygens (including phenoxy) is 1. The first kappa shape index (κ1) is 19.3. The van der Waals surface area contributed by atoms with E-state index in [0.717, 1.165) is 8.95 Å². The highest BCUT2D eigenvalue weighted by Crippen LogP contribution is 2.11. The lowest BCUT2D eigenvalue weighted by Crippen LogP contribution is -2.29. The summed E-state index contributed by atoms with van der Waals surface area (Å²) in [5.74, 6) is 4.38. The van der Waals surface area contributed by atoms with Crippen molar-refractivity contribution in [2.24, 2.45) is 5.84 Å². The zero-order chi connectivity index (χ0) is 17.2. The lowest BCUT2D eigenvalue weighted by Gasteiger charge is -2.00. The van der Waals surface area contributed by atoms with Crippen molar-refractivity contribution in [2.45, 2.75) is 6.92 Å². The van der Waals surface area contributed by atoms with Gasteiger partial charge < -0.3 is 4.74 Å². The number of hydrogen-bond donors (Lipinski definition) is 2. The zero-order valence-electron chi connectivity index (χ0n) is 12.4. The quantitative estimate of drug-likeness (QED) is 0.328. The molecule has 0 aliphatic rings. The second-order valence-electron chi connectivity index (χ2n) is 4.21. The first-order valence-corrected chi connectivity index (χ1v) is 8.25. The predicted molar refractivity (Wildman–Crippen MR) is 95.9 cm³/mol. The molecule has 0 spiro atoms. The molecule has 23 heavy (non-hydrogen) atoms. The average molecular weight is 444 g/mol. The van der Waals surface area contributed by atoms with E-state index in [-0.39, 0.29) is 11.9 Å². The van der Waals surface area contributed by atoms with E-state index < -0.39 is 0 Å². The maximum Gasteiger partial charge on any atom is 0.338 e. The van der Waals surface area contributed by atoms with Crippen LogP contribution in [-0.4, -0.2) is 18.5 Å². The number of carbonyl (C=O) groups excluding carboxylic acids is 2. The zero-order valence-corrected chi connectivity index (χ0v) is 15.6. The maximum absolute atomic E-state index is 11.1. The van der Waals surface area contributed by atoms with Gasteiger partial charge in [-0.1, -0.05) is 31.9 Å². The number of carbonyl (C=O) groups is 2. The van der Waals surface area contributed by atoms with Gasteiger partial charge in [-0.25, -0.2) is 10.6 Å². The molecule has 122 valence electrons. The fourth-order valence-electron chi connectivity index (χ4n) is 1.48. The smallest absolute Gasteiger partial charge is 0.338 e. The first-order valence-electron chi connectivity index (χ1n) is 6.67. The number of nitrogen functional groups attached to an aromatic ring is 1. The number of amides is 1. The molecule has 0 aliphatic heterocycles. The van der Waals surface area contributed by atoms with E-state index in [1.54, 1.807) is 43.3 Å². The number of rotatable bonds is 3. The summed E-state index contributed by atoms with van der Waals surface area (Å²) >= 11 is 6.53. The van der Waals surface area contributed by atoms with E-state index in [2.05, 4.69) is 31.9 Å². The summed E-state index contributed by atoms with van der Waals surface area (Å²) < 4.78 is 6.70. The van der Waals surface area contributed by atoms with Crippen LogP contribution in [0, 0.1) is 0 Å². The number of hydrogen-bond acceptors (Lipinski definition) is 4. The summed E-state index contributed by atoms with van der Waals surface area (Å²) in [7, 11) is 0. The number of esters is 1. The summed E-state index contributed by atoms with van der Waals surface area (Å²) in [5, 5.41) is 0. The van der Waals surface area contributed by atoms with Crippen LogP contribution in [0.25, 0.3) is 0 Å².